The van der Waals surface area contributed by atoms with E-state index in [4.69, 9.17) is 14.2 Å². The Morgan fingerprint density at radius 1 is 1.00 bits per heavy atom. The lowest BCUT2D eigenvalue weighted by atomic mass is 9.89. The summed E-state index contributed by atoms with van der Waals surface area (Å²) in [4.78, 5) is 67.1. The average molecular weight is 739 g/mol. The molecule has 1 saturated heterocycles. The third kappa shape index (κ3) is 11.4. The van der Waals surface area contributed by atoms with E-state index in [2.05, 4.69) is 34.4 Å². The molecule has 1 fully saturated rings. The summed E-state index contributed by atoms with van der Waals surface area (Å²) in [5, 5.41) is 6.13. The van der Waals surface area contributed by atoms with Crippen LogP contribution in [0.3, 0.4) is 0 Å². The number of methoxy groups -OCH3 is 3. The van der Waals surface area contributed by atoms with Crippen LogP contribution in [0, 0.1) is 17.8 Å². The average Bonchev–Trinajstić information content (AvgIpc) is 3.65. The predicted octanol–water partition coefficient (Wildman–Crippen LogP) is 4.30. The number of likely N-dealkylation sites (tertiary alicyclic amines) is 1. The number of esters is 1. The van der Waals surface area contributed by atoms with Gasteiger partial charge >= 0.3 is 5.97 Å². The molecule has 0 spiro atoms. The van der Waals surface area contributed by atoms with Gasteiger partial charge in [0.15, 0.2) is 0 Å². The van der Waals surface area contributed by atoms with Crippen LogP contribution in [0.25, 0.3) is 0 Å². The molecule has 1 aromatic carbocycles. The first-order valence-electron chi connectivity index (χ1n) is 18.9. The Labute approximate surface area is 315 Å². The Kier molecular flexibility index (Phi) is 17.1. The number of likely N-dealkylation sites (N-methyl/N-ethyl adjacent to an activating group) is 1. The predicted molar refractivity (Wildman–Crippen MR) is 204 cm³/mol. The summed E-state index contributed by atoms with van der Waals surface area (Å²) in [6.07, 6.45) is 3.69. The molecule has 2 heterocycles. The third-order valence-corrected chi connectivity index (χ3v) is 10.6. The third-order valence-electron chi connectivity index (χ3n) is 10.6. The second-order valence-corrected chi connectivity index (χ2v) is 14.5. The van der Waals surface area contributed by atoms with Crippen molar-refractivity contribution in [3.63, 3.8) is 0 Å². The van der Waals surface area contributed by atoms with Crippen molar-refractivity contribution in [1.82, 2.24) is 25.1 Å². The lowest BCUT2D eigenvalue weighted by molar-refractivity contribution is -0.148. The number of hydrogen-bond acceptors (Lipinski definition) is 10. The van der Waals surface area contributed by atoms with E-state index < -0.39 is 42.2 Å². The highest BCUT2D eigenvalue weighted by Crippen LogP contribution is 2.30. The number of rotatable bonds is 20. The summed E-state index contributed by atoms with van der Waals surface area (Å²) in [6.45, 7) is 12.3. The second-order valence-electron chi connectivity index (χ2n) is 14.5. The standard InChI is InChI=1S/C40H62N6O7/c1-11-26(5)35(45(7)38(49)34(25(3)4)44-40-41-21-20-29(12-2)42-40)32(51-8)24-33(47)46-22-16-19-31(46)36(52-9)27(6)37(48)43-30(39(50)53-10)23-28-17-14-13-15-18-28/h13-15,17-18,20-21,25-27,30-32,34-36H,11-12,16,19,22-24H2,1-10H3,(H,43,48)(H,41,42,44)/t26-,27+,30-,31-,32+,34-,35-,36+/m0/s1. The number of carbonyl (C=O) groups excluding carboxylic acids is 4. The SMILES string of the molecule is CCc1ccnc(N[C@H](C(=O)N(C)[C@@H]([C@@H](C)CC)[C@@H](CC(=O)N2CCC[C@H]2[C@H](OC)[C@@H](C)C(=O)N[C@@H](Cc2ccccc2)C(=O)OC)OC)C(C)C)n1. The molecule has 1 aliphatic rings. The van der Waals surface area contributed by atoms with Gasteiger partial charge in [-0.05, 0) is 42.7 Å². The molecule has 2 N–H and O–H groups in total. The van der Waals surface area contributed by atoms with E-state index in [0.717, 1.165) is 30.5 Å². The molecule has 0 aliphatic carbocycles. The normalized spacial score (nSPS) is 18.3. The number of ether oxygens (including phenoxy) is 3. The monoisotopic (exact) mass is 738 g/mol. The Hall–Kier alpha value is -4.10. The van der Waals surface area contributed by atoms with Crippen molar-refractivity contribution >= 4 is 29.6 Å². The van der Waals surface area contributed by atoms with E-state index in [0.29, 0.717) is 18.9 Å². The van der Waals surface area contributed by atoms with Crippen LogP contribution < -0.4 is 10.6 Å². The number of nitrogens with one attached hydrogen (secondary N) is 2. The van der Waals surface area contributed by atoms with E-state index >= 15 is 0 Å². The molecule has 1 aliphatic heterocycles. The molecule has 53 heavy (non-hydrogen) atoms. The fraction of sp³-hybridized carbons (Fsp3) is 0.650. The molecule has 0 radical (unpaired) electrons. The van der Waals surface area contributed by atoms with Gasteiger partial charge in [0.25, 0.3) is 0 Å². The summed E-state index contributed by atoms with van der Waals surface area (Å²) in [7, 11) is 6.18. The highest BCUT2D eigenvalue weighted by Gasteiger charge is 2.43. The minimum absolute atomic E-state index is 0.0117. The van der Waals surface area contributed by atoms with Gasteiger partial charge in [0, 0.05) is 46.1 Å². The molecule has 3 amide bonds. The minimum Gasteiger partial charge on any atom is -0.467 e. The van der Waals surface area contributed by atoms with Crippen LogP contribution in [0.5, 0.6) is 0 Å². The van der Waals surface area contributed by atoms with Crippen LogP contribution >= 0.6 is 0 Å². The number of aryl methyl sites for hydroxylation is 1. The van der Waals surface area contributed by atoms with Crippen molar-refractivity contribution < 1.29 is 33.4 Å². The van der Waals surface area contributed by atoms with Crippen LogP contribution in [-0.2, 0) is 46.2 Å². The quantitative estimate of drug-likeness (QED) is 0.188. The number of nitrogens with zero attached hydrogens (tertiary/aromatic N) is 4. The molecule has 0 saturated carbocycles. The summed E-state index contributed by atoms with van der Waals surface area (Å²) in [5.41, 5.74) is 1.76. The zero-order valence-electron chi connectivity index (χ0n) is 33.3. The zero-order chi connectivity index (χ0) is 39.2. The lowest BCUT2D eigenvalue weighted by Gasteiger charge is -2.40. The second kappa shape index (κ2) is 21.0. The van der Waals surface area contributed by atoms with E-state index in [1.807, 2.05) is 57.2 Å². The van der Waals surface area contributed by atoms with Crippen LogP contribution in [0.2, 0.25) is 0 Å². The van der Waals surface area contributed by atoms with Crippen molar-refractivity contribution in [2.24, 2.45) is 17.8 Å². The first-order chi connectivity index (χ1) is 25.3. The van der Waals surface area contributed by atoms with Crippen LogP contribution in [0.1, 0.15) is 78.5 Å². The lowest BCUT2D eigenvalue weighted by Crippen LogP contribution is -2.56. The smallest absolute Gasteiger partial charge is 0.328 e. The molecule has 8 atom stereocenters. The van der Waals surface area contributed by atoms with Gasteiger partial charge in [-0.25, -0.2) is 14.8 Å². The Morgan fingerprint density at radius 2 is 1.70 bits per heavy atom. The van der Waals surface area contributed by atoms with Crippen LogP contribution in [0.4, 0.5) is 5.95 Å². The van der Waals surface area contributed by atoms with Crippen molar-refractivity contribution in [2.75, 3.05) is 40.2 Å². The Bertz CT molecular complexity index is 1480. The largest absolute Gasteiger partial charge is 0.467 e. The first kappa shape index (κ1) is 43.3. The van der Waals surface area contributed by atoms with Crippen LogP contribution in [0.15, 0.2) is 42.6 Å². The number of benzene rings is 1. The highest BCUT2D eigenvalue weighted by molar-refractivity contribution is 5.86. The topological polar surface area (TPSA) is 152 Å². The maximum Gasteiger partial charge on any atom is 0.328 e. The molecule has 2 aromatic rings. The van der Waals surface area contributed by atoms with Gasteiger partial charge in [0.2, 0.25) is 23.7 Å². The van der Waals surface area contributed by atoms with Crippen molar-refractivity contribution in [2.45, 2.75) is 116 Å². The van der Waals surface area contributed by atoms with Gasteiger partial charge in [-0.1, -0.05) is 78.3 Å². The number of hydrogen-bond donors (Lipinski definition) is 2. The van der Waals surface area contributed by atoms with Gasteiger partial charge in [-0.3, -0.25) is 14.4 Å². The van der Waals surface area contributed by atoms with E-state index in [1.165, 1.54) is 14.2 Å². The maximum atomic E-state index is 14.2. The Morgan fingerprint density at radius 3 is 2.28 bits per heavy atom. The molecule has 13 nitrogen and oxygen atoms in total. The molecule has 294 valence electrons. The van der Waals surface area contributed by atoms with E-state index in [-0.39, 0.29) is 48.4 Å². The summed E-state index contributed by atoms with van der Waals surface area (Å²) in [5.74, 6) is -1.53. The summed E-state index contributed by atoms with van der Waals surface area (Å²) < 4.78 is 17.0. The van der Waals surface area contributed by atoms with Crippen molar-refractivity contribution in [1.29, 1.82) is 0 Å². The molecule has 13 heteroatoms. The number of amides is 3. The van der Waals surface area contributed by atoms with Gasteiger partial charge in [0.1, 0.15) is 12.1 Å². The van der Waals surface area contributed by atoms with Crippen molar-refractivity contribution in [3.8, 4) is 0 Å². The van der Waals surface area contributed by atoms with Gasteiger partial charge in [0.05, 0.1) is 43.7 Å². The molecular formula is C40H62N6O7. The molecule has 3 rings (SSSR count). The molecule has 1 aromatic heterocycles. The molecular weight excluding hydrogens is 676 g/mol. The van der Waals surface area contributed by atoms with Crippen LogP contribution in [-0.4, -0.2) is 115 Å². The highest BCUT2D eigenvalue weighted by atomic mass is 16.5. The van der Waals surface area contributed by atoms with Gasteiger partial charge < -0.3 is 34.6 Å². The minimum atomic E-state index is -0.879. The van der Waals surface area contributed by atoms with Gasteiger partial charge in [-0.15, -0.1) is 0 Å². The maximum absolute atomic E-state index is 14.2. The number of anilines is 1. The Balaban J connectivity index is 1.78. The fourth-order valence-corrected chi connectivity index (χ4v) is 7.33. The van der Waals surface area contributed by atoms with E-state index in [1.54, 1.807) is 37.1 Å². The molecule has 0 bridgehead atoms. The first-order valence-corrected chi connectivity index (χ1v) is 18.9. The van der Waals surface area contributed by atoms with Crippen molar-refractivity contribution in [3.05, 3.63) is 53.9 Å². The summed E-state index contributed by atoms with van der Waals surface area (Å²) in [6, 6.07) is 9.01. The number of aromatic nitrogens is 2. The summed E-state index contributed by atoms with van der Waals surface area (Å²) >= 11 is 0. The van der Waals surface area contributed by atoms with Gasteiger partial charge in [-0.2, -0.15) is 0 Å². The zero-order valence-corrected chi connectivity index (χ0v) is 33.3. The van der Waals surface area contributed by atoms with E-state index in [9.17, 15) is 19.2 Å². The fourth-order valence-electron chi connectivity index (χ4n) is 7.33. The molecule has 0 unspecified atom stereocenters. The number of carbonyl (C=O) groups is 4.